The fourth-order valence-electron chi connectivity index (χ4n) is 3.78. The molecule has 2 aromatic carbocycles. The Morgan fingerprint density at radius 3 is 2.44 bits per heavy atom. The summed E-state index contributed by atoms with van der Waals surface area (Å²) in [6.07, 6.45) is -0.401. The number of anilines is 1. The highest BCUT2D eigenvalue weighted by Gasteiger charge is 2.31. The number of amides is 2. The molecular weight excluding hydrogens is 436 g/mol. The van der Waals surface area contributed by atoms with Gasteiger partial charge in [-0.3, -0.25) is 4.79 Å². The van der Waals surface area contributed by atoms with Crippen molar-refractivity contribution < 1.29 is 23.8 Å². The summed E-state index contributed by atoms with van der Waals surface area (Å²) in [5, 5.41) is 11.4. The molecule has 0 aliphatic carbocycles. The Balaban J connectivity index is 2.12. The first-order valence-electron chi connectivity index (χ1n) is 11.1. The molecule has 1 aromatic heterocycles. The van der Waals surface area contributed by atoms with Crippen molar-refractivity contribution in [3.8, 4) is 5.75 Å². The van der Waals surface area contributed by atoms with Crippen LogP contribution in [0, 0.1) is 0 Å². The number of para-hydroxylation sites is 1. The van der Waals surface area contributed by atoms with Crippen LogP contribution in [-0.4, -0.2) is 28.7 Å². The molecule has 0 fully saturated rings. The number of ether oxygens (including phenoxy) is 1. The summed E-state index contributed by atoms with van der Waals surface area (Å²) < 4.78 is 10.9. The zero-order valence-corrected chi connectivity index (χ0v) is 20.0. The maximum Gasteiger partial charge on any atom is 0.421 e. The van der Waals surface area contributed by atoms with E-state index in [4.69, 9.17) is 14.9 Å². The van der Waals surface area contributed by atoms with Crippen LogP contribution in [0.3, 0.4) is 0 Å². The minimum Gasteiger partial charge on any atom is -0.507 e. The predicted octanol–water partition coefficient (Wildman–Crippen LogP) is 4.66. The van der Waals surface area contributed by atoms with Crippen LogP contribution in [0.25, 0.3) is 11.0 Å². The summed E-state index contributed by atoms with van der Waals surface area (Å²) in [4.78, 5) is 39.5. The standard InChI is InChI=1S/C26H30N2O6/c1-6-18(21-22(29)19-12-7-8-13-20(19)33-24(21)31)16-10-9-11-17(14-16)28(23(30)15(2)27)25(32)34-26(3,4)5/h7-15,18,29H,6,27H2,1-5H3. The van der Waals surface area contributed by atoms with E-state index in [2.05, 4.69) is 0 Å². The van der Waals surface area contributed by atoms with Crippen LogP contribution >= 0.6 is 0 Å². The van der Waals surface area contributed by atoms with E-state index in [1.807, 2.05) is 6.92 Å². The number of imide groups is 1. The lowest BCUT2D eigenvalue weighted by atomic mass is 9.88. The molecule has 1 heterocycles. The molecule has 2 amide bonds. The van der Waals surface area contributed by atoms with Crippen LogP contribution in [0.4, 0.5) is 10.5 Å². The summed E-state index contributed by atoms with van der Waals surface area (Å²) in [5.41, 5.74) is 5.58. The van der Waals surface area contributed by atoms with Crippen molar-refractivity contribution in [1.82, 2.24) is 0 Å². The Kier molecular flexibility index (Phi) is 7.12. The summed E-state index contributed by atoms with van der Waals surface area (Å²) in [6, 6.07) is 12.4. The molecule has 0 saturated heterocycles. The molecule has 3 aromatic rings. The molecule has 2 unspecified atom stereocenters. The van der Waals surface area contributed by atoms with Crippen molar-refractivity contribution in [2.75, 3.05) is 4.90 Å². The SMILES string of the molecule is CCC(c1cccc(N(C(=O)OC(C)(C)C)C(=O)C(C)N)c1)c1c(O)c2ccccc2oc1=O. The second kappa shape index (κ2) is 9.69. The molecule has 180 valence electrons. The lowest BCUT2D eigenvalue weighted by molar-refractivity contribution is -0.119. The van der Waals surface area contributed by atoms with Crippen molar-refractivity contribution in [2.45, 2.75) is 58.6 Å². The fourth-order valence-corrected chi connectivity index (χ4v) is 3.78. The van der Waals surface area contributed by atoms with E-state index < -0.39 is 35.2 Å². The molecule has 0 aliphatic rings. The molecule has 0 aliphatic heterocycles. The average Bonchev–Trinajstić information content (AvgIpc) is 2.75. The third-order valence-electron chi connectivity index (χ3n) is 5.29. The maximum atomic E-state index is 12.9. The number of benzene rings is 2. The van der Waals surface area contributed by atoms with Gasteiger partial charge >= 0.3 is 11.7 Å². The van der Waals surface area contributed by atoms with Crippen LogP contribution in [0.15, 0.2) is 57.7 Å². The number of hydrogen-bond acceptors (Lipinski definition) is 7. The van der Waals surface area contributed by atoms with Crippen molar-refractivity contribution in [1.29, 1.82) is 0 Å². The van der Waals surface area contributed by atoms with E-state index in [0.29, 0.717) is 17.4 Å². The lowest BCUT2D eigenvalue weighted by Gasteiger charge is -2.28. The molecule has 8 nitrogen and oxygen atoms in total. The van der Waals surface area contributed by atoms with E-state index in [0.717, 1.165) is 4.90 Å². The van der Waals surface area contributed by atoms with Gasteiger partial charge in [-0.05, 0) is 63.9 Å². The van der Waals surface area contributed by atoms with Crippen LogP contribution in [-0.2, 0) is 9.53 Å². The minimum atomic E-state index is -0.949. The zero-order valence-electron chi connectivity index (χ0n) is 20.0. The van der Waals surface area contributed by atoms with Crippen LogP contribution in [0.1, 0.15) is 58.1 Å². The van der Waals surface area contributed by atoms with Crippen LogP contribution in [0.2, 0.25) is 0 Å². The van der Waals surface area contributed by atoms with Crippen molar-refractivity contribution in [3.63, 3.8) is 0 Å². The first kappa shape index (κ1) is 25.0. The number of nitrogens with two attached hydrogens (primary N) is 1. The summed E-state index contributed by atoms with van der Waals surface area (Å²) in [6.45, 7) is 8.45. The molecule has 3 rings (SSSR count). The number of carbonyl (C=O) groups is 2. The van der Waals surface area contributed by atoms with E-state index in [1.165, 1.54) is 6.92 Å². The number of aromatic hydroxyl groups is 1. The van der Waals surface area contributed by atoms with Gasteiger partial charge in [0.05, 0.1) is 22.7 Å². The maximum absolute atomic E-state index is 12.9. The topological polar surface area (TPSA) is 123 Å². The van der Waals surface area contributed by atoms with Gasteiger partial charge in [-0.15, -0.1) is 0 Å². The molecule has 8 heteroatoms. The third kappa shape index (κ3) is 5.12. The van der Waals surface area contributed by atoms with Crippen LogP contribution in [0.5, 0.6) is 5.75 Å². The number of carbonyl (C=O) groups excluding carboxylic acids is 2. The van der Waals surface area contributed by atoms with Gasteiger partial charge in [-0.2, -0.15) is 0 Å². The van der Waals surface area contributed by atoms with E-state index >= 15 is 0 Å². The quantitative estimate of drug-likeness (QED) is 0.524. The highest BCUT2D eigenvalue weighted by Crippen LogP contribution is 2.37. The fraction of sp³-hybridized carbons (Fsp3) is 0.346. The summed E-state index contributed by atoms with van der Waals surface area (Å²) in [5.74, 6) is -1.33. The second-order valence-corrected chi connectivity index (χ2v) is 9.15. The largest absolute Gasteiger partial charge is 0.507 e. The number of rotatable bonds is 5. The molecular formula is C26H30N2O6. The first-order valence-corrected chi connectivity index (χ1v) is 11.1. The molecule has 34 heavy (non-hydrogen) atoms. The Labute approximate surface area is 197 Å². The van der Waals surface area contributed by atoms with Gasteiger partial charge in [0.1, 0.15) is 16.9 Å². The van der Waals surface area contributed by atoms with Crippen molar-refractivity contribution >= 4 is 28.7 Å². The molecule has 0 bridgehead atoms. The van der Waals surface area contributed by atoms with Gasteiger partial charge in [0.25, 0.3) is 5.91 Å². The van der Waals surface area contributed by atoms with Gasteiger partial charge < -0.3 is 20.0 Å². The van der Waals surface area contributed by atoms with E-state index in [1.54, 1.807) is 69.3 Å². The Bertz CT molecular complexity index is 1270. The monoisotopic (exact) mass is 466 g/mol. The van der Waals surface area contributed by atoms with Gasteiger partial charge in [0.2, 0.25) is 0 Å². The second-order valence-electron chi connectivity index (χ2n) is 9.15. The molecule has 0 saturated carbocycles. The van der Waals surface area contributed by atoms with E-state index in [9.17, 15) is 19.5 Å². The smallest absolute Gasteiger partial charge is 0.421 e. The third-order valence-corrected chi connectivity index (χ3v) is 5.29. The van der Waals surface area contributed by atoms with Crippen molar-refractivity contribution in [3.05, 3.63) is 70.1 Å². The number of fused-ring (bicyclic) bond motifs is 1. The summed E-state index contributed by atoms with van der Waals surface area (Å²) in [7, 11) is 0. The zero-order chi connectivity index (χ0) is 25.2. The Morgan fingerprint density at radius 1 is 1.15 bits per heavy atom. The van der Waals surface area contributed by atoms with Gasteiger partial charge in [-0.1, -0.05) is 31.2 Å². The first-order chi connectivity index (χ1) is 15.9. The highest BCUT2D eigenvalue weighted by molar-refractivity contribution is 6.14. The number of hydrogen-bond donors (Lipinski definition) is 2. The highest BCUT2D eigenvalue weighted by atomic mass is 16.6. The molecule has 2 atom stereocenters. The van der Waals surface area contributed by atoms with Crippen LogP contribution < -0.4 is 16.3 Å². The lowest BCUT2D eigenvalue weighted by Crippen LogP contribution is -2.47. The Morgan fingerprint density at radius 2 is 1.82 bits per heavy atom. The normalized spacial score (nSPS) is 13.4. The van der Waals surface area contributed by atoms with Gasteiger partial charge in [0, 0.05) is 5.92 Å². The minimum absolute atomic E-state index is 0.112. The average molecular weight is 467 g/mol. The predicted molar refractivity (Wildman–Crippen MR) is 130 cm³/mol. The molecule has 0 radical (unpaired) electrons. The molecule has 0 spiro atoms. The Hall–Kier alpha value is -3.65. The van der Waals surface area contributed by atoms with E-state index in [-0.39, 0.29) is 22.6 Å². The number of nitrogens with zero attached hydrogens (tertiary/aromatic N) is 1. The summed E-state index contributed by atoms with van der Waals surface area (Å²) >= 11 is 0. The van der Waals surface area contributed by atoms with Gasteiger partial charge in [0.15, 0.2) is 0 Å². The molecule has 3 N–H and O–H groups in total. The van der Waals surface area contributed by atoms with Gasteiger partial charge in [-0.25, -0.2) is 14.5 Å². The van der Waals surface area contributed by atoms with Crippen molar-refractivity contribution in [2.24, 2.45) is 5.73 Å².